The van der Waals surface area contributed by atoms with Crippen molar-refractivity contribution in [2.24, 2.45) is 0 Å². The third kappa shape index (κ3) is 5.76. The zero-order chi connectivity index (χ0) is 16.7. The first kappa shape index (κ1) is 19.2. The van der Waals surface area contributed by atoms with Crippen LogP contribution in [0.25, 0.3) is 0 Å². The lowest BCUT2D eigenvalue weighted by molar-refractivity contribution is 0.0988. The van der Waals surface area contributed by atoms with Crippen LogP contribution in [0.15, 0.2) is 12.1 Å². The third-order valence-corrected chi connectivity index (χ3v) is 4.11. The van der Waals surface area contributed by atoms with Gasteiger partial charge < -0.3 is 20.3 Å². The van der Waals surface area contributed by atoms with E-state index in [-0.39, 0.29) is 19.3 Å². The Bertz CT molecular complexity index is 461. The van der Waals surface area contributed by atoms with Crippen molar-refractivity contribution in [1.82, 2.24) is 5.32 Å². The molecule has 1 rings (SSSR count). The van der Waals surface area contributed by atoms with Crippen LogP contribution in [0.4, 0.5) is 0 Å². The Balaban J connectivity index is 2.62. The van der Waals surface area contributed by atoms with Gasteiger partial charge in [0.1, 0.15) is 18.5 Å². The lowest BCUT2D eigenvalue weighted by Crippen LogP contribution is -2.39. The summed E-state index contributed by atoms with van der Waals surface area (Å²) >= 11 is 6.17. The highest BCUT2D eigenvalue weighted by Gasteiger charge is 2.14. The highest BCUT2D eigenvalue weighted by atomic mass is 35.5. The van der Waals surface area contributed by atoms with E-state index in [1.807, 2.05) is 26.0 Å². The molecule has 0 aliphatic heterocycles. The molecule has 1 aromatic rings. The molecule has 4 nitrogen and oxygen atoms in total. The van der Waals surface area contributed by atoms with Gasteiger partial charge in [-0.25, -0.2) is 0 Å². The average Bonchev–Trinajstić information content (AvgIpc) is 2.48. The third-order valence-electron chi connectivity index (χ3n) is 3.70. The molecule has 0 spiro atoms. The number of aryl methyl sites for hydroxylation is 1. The number of rotatable bonds is 9. The second-order valence-corrected chi connectivity index (χ2v) is 6.36. The van der Waals surface area contributed by atoms with Crippen molar-refractivity contribution in [1.29, 1.82) is 0 Å². The largest absolute Gasteiger partial charge is 0.491 e. The Labute approximate surface area is 138 Å². The van der Waals surface area contributed by atoms with E-state index in [0.717, 1.165) is 28.3 Å². The standard InChI is InChI=1S/C17H28ClNO3/c1-5-13(9-20)19-8-14(21)10-22-17-6-12(4)16(18)7-15(17)11(2)3/h6-7,11,13-14,19-21H,5,8-10H2,1-4H3/t13-,14+/m1/s1. The van der Waals surface area contributed by atoms with Gasteiger partial charge in [0.25, 0.3) is 0 Å². The quantitative estimate of drug-likeness (QED) is 0.652. The number of hydrogen-bond acceptors (Lipinski definition) is 4. The number of benzene rings is 1. The van der Waals surface area contributed by atoms with E-state index in [1.165, 1.54) is 0 Å². The summed E-state index contributed by atoms with van der Waals surface area (Å²) in [7, 11) is 0. The van der Waals surface area contributed by atoms with Crippen LogP contribution in [0.2, 0.25) is 5.02 Å². The maximum atomic E-state index is 10.0. The molecule has 2 atom stereocenters. The van der Waals surface area contributed by atoms with Gasteiger partial charge >= 0.3 is 0 Å². The molecule has 0 heterocycles. The van der Waals surface area contributed by atoms with Gasteiger partial charge in [-0.3, -0.25) is 0 Å². The van der Waals surface area contributed by atoms with E-state index in [4.69, 9.17) is 21.4 Å². The van der Waals surface area contributed by atoms with Crippen LogP contribution in [0.5, 0.6) is 5.75 Å². The van der Waals surface area contributed by atoms with Gasteiger partial charge in [-0.15, -0.1) is 0 Å². The Morgan fingerprint density at radius 1 is 1.32 bits per heavy atom. The van der Waals surface area contributed by atoms with E-state index in [2.05, 4.69) is 19.2 Å². The smallest absolute Gasteiger partial charge is 0.123 e. The molecule has 126 valence electrons. The molecule has 1 aromatic carbocycles. The van der Waals surface area contributed by atoms with E-state index in [1.54, 1.807) is 0 Å². The Morgan fingerprint density at radius 2 is 2.00 bits per heavy atom. The maximum Gasteiger partial charge on any atom is 0.123 e. The highest BCUT2D eigenvalue weighted by molar-refractivity contribution is 6.31. The van der Waals surface area contributed by atoms with Crippen molar-refractivity contribution in [2.75, 3.05) is 19.8 Å². The van der Waals surface area contributed by atoms with Gasteiger partial charge in [-0.05, 0) is 42.5 Å². The summed E-state index contributed by atoms with van der Waals surface area (Å²) in [5, 5.41) is 23.0. The van der Waals surface area contributed by atoms with Crippen molar-refractivity contribution in [3.8, 4) is 5.75 Å². The zero-order valence-corrected chi connectivity index (χ0v) is 14.7. The molecule has 3 N–H and O–H groups in total. The van der Waals surface area contributed by atoms with E-state index >= 15 is 0 Å². The Kier molecular flexibility index (Phi) is 8.18. The van der Waals surface area contributed by atoms with Crippen molar-refractivity contribution in [3.05, 3.63) is 28.3 Å². The predicted molar refractivity (Wildman–Crippen MR) is 90.9 cm³/mol. The van der Waals surface area contributed by atoms with E-state index in [9.17, 15) is 5.11 Å². The summed E-state index contributed by atoms with van der Waals surface area (Å²) in [5.41, 5.74) is 2.00. The molecule has 0 aliphatic rings. The topological polar surface area (TPSA) is 61.7 Å². The zero-order valence-electron chi connectivity index (χ0n) is 13.9. The summed E-state index contributed by atoms with van der Waals surface area (Å²) in [5.74, 6) is 1.06. The van der Waals surface area contributed by atoms with Crippen molar-refractivity contribution >= 4 is 11.6 Å². The monoisotopic (exact) mass is 329 g/mol. The number of nitrogens with one attached hydrogen (secondary N) is 1. The number of hydrogen-bond donors (Lipinski definition) is 3. The summed E-state index contributed by atoms with van der Waals surface area (Å²) in [6, 6.07) is 3.86. The van der Waals surface area contributed by atoms with Gasteiger partial charge in [0.05, 0.1) is 6.61 Å². The molecule has 0 aromatic heterocycles. The highest BCUT2D eigenvalue weighted by Crippen LogP contribution is 2.32. The van der Waals surface area contributed by atoms with E-state index in [0.29, 0.717) is 12.5 Å². The lowest BCUT2D eigenvalue weighted by Gasteiger charge is -2.20. The van der Waals surface area contributed by atoms with Crippen LogP contribution < -0.4 is 10.1 Å². The van der Waals surface area contributed by atoms with Crippen LogP contribution in [-0.2, 0) is 0 Å². The molecule has 0 bridgehead atoms. The fraction of sp³-hybridized carbons (Fsp3) is 0.647. The Morgan fingerprint density at radius 3 is 2.55 bits per heavy atom. The predicted octanol–water partition coefficient (Wildman–Crippen LogP) is 2.87. The first-order valence-corrected chi connectivity index (χ1v) is 8.21. The average molecular weight is 330 g/mol. The van der Waals surface area contributed by atoms with Crippen LogP contribution in [0.1, 0.15) is 44.2 Å². The molecule has 0 unspecified atom stereocenters. The summed E-state index contributed by atoms with van der Waals surface area (Å²) < 4.78 is 5.78. The number of aliphatic hydroxyl groups excluding tert-OH is 2. The molecule has 0 saturated heterocycles. The molecular weight excluding hydrogens is 302 g/mol. The van der Waals surface area contributed by atoms with Gasteiger partial charge in [0, 0.05) is 17.6 Å². The summed E-state index contributed by atoms with van der Waals surface area (Å²) in [6.45, 7) is 8.75. The fourth-order valence-electron chi connectivity index (χ4n) is 2.13. The number of aliphatic hydroxyl groups is 2. The van der Waals surface area contributed by atoms with Crippen molar-refractivity contribution in [2.45, 2.75) is 52.2 Å². The minimum absolute atomic E-state index is 0.0126. The summed E-state index contributed by atoms with van der Waals surface area (Å²) in [4.78, 5) is 0. The summed E-state index contributed by atoms with van der Waals surface area (Å²) in [6.07, 6.45) is 0.189. The van der Waals surface area contributed by atoms with Gasteiger partial charge in [-0.2, -0.15) is 0 Å². The minimum atomic E-state index is -0.628. The molecule has 0 saturated carbocycles. The van der Waals surface area contributed by atoms with Crippen LogP contribution in [0, 0.1) is 6.92 Å². The van der Waals surface area contributed by atoms with Gasteiger partial charge in [-0.1, -0.05) is 32.4 Å². The molecule has 0 amide bonds. The molecule has 0 aliphatic carbocycles. The van der Waals surface area contributed by atoms with Crippen LogP contribution in [0.3, 0.4) is 0 Å². The van der Waals surface area contributed by atoms with Crippen LogP contribution in [-0.4, -0.2) is 42.1 Å². The second-order valence-electron chi connectivity index (χ2n) is 5.95. The SMILES string of the molecule is CC[C@H](CO)NC[C@H](O)COc1cc(C)c(Cl)cc1C(C)C. The number of ether oxygens (including phenoxy) is 1. The number of halogens is 1. The van der Waals surface area contributed by atoms with Gasteiger partial charge in [0.15, 0.2) is 0 Å². The van der Waals surface area contributed by atoms with Crippen molar-refractivity contribution < 1.29 is 14.9 Å². The normalized spacial score (nSPS) is 14.2. The molecular formula is C17H28ClNO3. The second kappa shape index (κ2) is 9.36. The Hall–Kier alpha value is -0.810. The first-order chi connectivity index (χ1) is 10.4. The van der Waals surface area contributed by atoms with Crippen LogP contribution >= 0.6 is 11.6 Å². The van der Waals surface area contributed by atoms with Gasteiger partial charge in [0.2, 0.25) is 0 Å². The molecule has 5 heteroatoms. The maximum absolute atomic E-state index is 10.0. The van der Waals surface area contributed by atoms with E-state index < -0.39 is 6.10 Å². The molecule has 0 radical (unpaired) electrons. The molecule has 0 fully saturated rings. The minimum Gasteiger partial charge on any atom is -0.491 e. The van der Waals surface area contributed by atoms with Crippen molar-refractivity contribution in [3.63, 3.8) is 0 Å². The lowest BCUT2D eigenvalue weighted by atomic mass is 10.0. The fourth-order valence-corrected chi connectivity index (χ4v) is 2.30. The first-order valence-electron chi connectivity index (χ1n) is 7.84. The molecule has 22 heavy (non-hydrogen) atoms.